The molecule has 0 aliphatic carbocycles. The standard InChI is InChI=1S/C30H23N7O2/c38-30(23-17-25(29-33-35-36-34-29)32-26(18-23)37-15-4-14-31-37)39-16-2-1-5-19-8-9-22-11-10-20-6-3-7-21-12-13-24(19)28(22)27(20)21/h3-4,6-15,17-18H,1-2,5,16H2,(H,33,34,35,36). The second-order valence-electron chi connectivity index (χ2n) is 9.46. The van der Waals surface area contributed by atoms with Crippen molar-refractivity contribution in [2.24, 2.45) is 0 Å². The zero-order chi connectivity index (χ0) is 26.2. The third-order valence-corrected chi connectivity index (χ3v) is 7.05. The number of unbranched alkanes of at least 4 members (excludes halogenated alkanes) is 1. The van der Waals surface area contributed by atoms with Crippen molar-refractivity contribution in [2.45, 2.75) is 19.3 Å². The van der Waals surface area contributed by atoms with Crippen LogP contribution in [0.15, 0.2) is 85.2 Å². The number of aryl methyl sites for hydroxylation is 1. The molecule has 7 aromatic rings. The monoisotopic (exact) mass is 513 g/mol. The molecular weight excluding hydrogens is 490 g/mol. The Kier molecular flexibility index (Phi) is 5.66. The van der Waals surface area contributed by atoms with Gasteiger partial charge in [-0.25, -0.2) is 14.5 Å². The Morgan fingerprint density at radius 2 is 1.72 bits per heavy atom. The first-order valence-electron chi connectivity index (χ1n) is 12.8. The zero-order valence-corrected chi connectivity index (χ0v) is 20.9. The number of nitrogens with one attached hydrogen (secondary N) is 1. The van der Waals surface area contributed by atoms with E-state index in [1.807, 2.05) is 0 Å². The Balaban J connectivity index is 1.05. The van der Waals surface area contributed by atoms with Gasteiger partial charge in [0.2, 0.25) is 5.82 Å². The van der Waals surface area contributed by atoms with Gasteiger partial charge in [-0.05, 0) is 80.6 Å². The van der Waals surface area contributed by atoms with Crippen molar-refractivity contribution in [2.75, 3.05) is 6.61 Å². The van der Waals surface area contributed by atoms with E-state index in [2.05, 4.69) is 85.3 Å². The van der Waals surface area contributed by atoms with E-state index in [-0.39, 0.29) is 5.82 Å². The highest BCUT2D eigenvalue weighted by Gasteiger charge is 2.16. The van der Waals surface area contributed by atoms with Crippen LogP contribution in [0.3, 0.4) is 0 Å². The van der Waals surface area contributed by atoms with Crippen LogP contribution in [0.4, 0.5) is 0 Å². The van der Waals surface area contributed by atoms with Gasteiger partial charge >= 0.3 is 5.97 Å². The summed E-state index contributed by atoms with van der Waals surface area (Å²) in [6.07, 6.45) is 5.95. The molecule has 3 aromatic heterocycles. The number of nitrogens with zero attached hydrogens (tertiary/aromatic N) is 6. The zero-order valence-electron chi connectivity index (χ0n) is 20.9. The fourth-order valence-electron chi connectivity index (χ4n) is 5.22. The number of rotatable bonds is 8. The minimum atomic E-state index is -0.432. The van der Waals surface area contributed by atoms with Gasteiger partial charge in [-0.15, -0.1) is 10.2 Å². The number of aromatic nitrogens is 7. The van der Waals surface area contributed by atoms with Crippen molar-refractivity contribution in [3.05, 3.63) is 96.3 Å². The number of esters is 1. The number of benzene rings is 4. The van der Waals surface area contributed by atoms with E-state index in [4.69, 9.17) is 4.74 Å². The third-order valence-electron chi connectivity index (χ3n) is 7.05. The predicted molar refractivity (Wildman–Crippen MR) is 148 cm³/mol. The lowest BCUT2D eigenvalue weighted by Crippen LogP contribution is -2.10. The molecule has 0 spiro atoms. The van der Waals surface area contributed by atoms with Gasteiger partial charge < -0.3 is 4.74 Å². The second-order valence-corrected chi connectivity index (χ2v) is 9.46. The number of aromatic amines is 1. The first-order valence-corrected chi connectivity index (χ1v) is 12.8. The molecule has 0 aliphatic rings. The van der Waals surface area contributed by atoms with Crippen molar-refractivity contribution in [3.8, 4) is 17.3 Å². The number of carbonyl (C=O) groups excluding carboxylic acids is 1. The maximum Gasteiger partial charge on any atom is 0.338 e. The van der Waals surface area contributed by atoms with E-state index in [0.717, 1.165) is 19.3 Å². The van der Waals surface area contributed by atoms with Gasteiger partial charge in [0.25, 0.3) is 0 Å². The summed E-state index contributed by atoms with van der Waals surface area (Å²) in [5.41, 5.74) is 2.06. The van der Waals surface area contributed by atoms with Gasteiger partial charge in [0.1, 0.15) is 5.69 Å². The highest BCUT2D eigenvalue weighted by Crippen LogP contribution is 2.36. The Morgan fingerprint density at radius 3 is 2.51 bits per heavy atom. The van der Waals surface area contributed by atoms with E-state index in [9.17, 15) is 4.79 Å². The smallest absolute Gasteiger partial charge is 0.338 e. The Labute approximate surface area is 222 Å². The summed E-state index contributed by atoms with van der Waals surface area (Å²) in [5.74, 6) is 0.313. The largest absolute Gasteiger partial charge is 0.462 e. The summed E-state index contributed by atoms with van der Waals surface area (Å²) in [7, 11) is 0. The molecule has 7 rings (SSSR count). The molecule has 4 aromatic carbocycles. The van der Waals surface area contributed by atoms with Gasteiger partial charge in [-0.1, -0.05) is 54.6 Å². The van der Waals surface area contributed by atoms with Crippen molar-refractivity contribution >= 4 is 38.3 Å². The SMILES string of the molecule is O=C(OCCCCc1ccc2ccc3cccc4ccc1c2c34)c1cc(-c2nn[nH]n2)nc(-n2cccn2)c1. The van der Waals surface area contributed by atoms with E-state index >= 15 is 0 Å². The summed E-state index contributed by atoms with van der Waals surface area (Å²) < 4.78 is 7.20. The van der Waals surface area contributed by atoms with Crippen LogP contribution in [0.2, 0.25) is 0 Å². The van der Waals surface area contributed by atoms with Crippen LogP contribution in [-0.4, -0.2) is 48.0 Å². The first-order chi connectivity index (χ1) is 19.2. The summed E-state index contributed by atoms with van der Waals surface area (Å²) in [4.78, 5) is 17.5. The molecule has 0 saturated heterocycles. The molecule has 0 unspecified atom stereocenters. The van der Waals surface area contributed by atoms with Gasteiger partial charge in [0.05, 0.1) is 12.2 Å². The Hall–Kier alpha value is -5.18. The molecule has 0 saturated carbocycles. The molecular formula is C30H23N7O2. The van der Waals surface area contributed by atoms with Crippen LogP contribution in [0, 0.1) is 0 Å². The lowest BCUT2D eigenvalue weighted by atomic mass is 9.91. The molecule has 0 amide bonds. The number of ether oxygens (including phenoxy) is 1. The number of tetrazole rings is 1. The Morgan fingerprint density at radius 1 is 0.897 bits per heavy atom. The van der Waals surface area contributed by atoms with Crippen LogP contribution in [0.1, 0.15) is 28.8 Å². The van der Waals surface area contributed by atoms with Crippen LogP contribution in [-0.2, 0) is 11.2 Å². The minimum Gasteiger partial charge on any atom is -0.462 e. The van der Waals surface area contributed by atoms with Crippen molar-refractivity contribution < 1.29 is 9.53 Å². The summed E-state index contributed by atoms with van der Waals surface area (Å²) in [6, 6.07) is 24.8. The van der Waals surface area contributed by atoms with Crippen LogP contribution in [0.25, 0.3) is 49.7 Å². The second kappa shape index (κ2) is 9.60. The molecule has 1 N–H and O–H groups in total. The number of pyridine rings is 1. The molecule has 0 fully saturated rings. The summed E-state index contributed by atoms with van der Waals surface area (Å²) >= 11 is 0. The minimum absolute atomic E-state index is 0.284. The molecule has 0 atom stereocenters. The molecule has 3 heterocycles. The van der Waals surface area contributed by atoms with Crippen molar-refractivity contribution in [1.29, 1.82) is 0 Å². The van der Waals surface area contributed by atoms with Crippen LogP contribution in [0.5, 0.6) is 0 Å². The lowest BCUT2D eigenvalue weighted by Gasteiger charge is -2.14. The van der Waals surface area contributed by atoms with Gasteiger partial charge in [0.15, 0.2) is 5.82 Å². The van der Waals surface area contributed by atoms with E-state index < -0.39 is 5.97 Å². The van der Waals surface area contributed by atoms with Crippen molar-refractivity contribution in [1.82, 2.24) is 35.4 Å². The van der Waals surface area contributed by atoms with E-state index in [0.29, 0.717) is 23.7 Å². The molecule has 9 heteroatoms. The van der Waals surface area contributed by atoms with Crippen molar-refractivity contribution in [3.63, 3.8) is 0 Å². The number of carbonyl (C=O) groups is 1. The summed E-state index contributed by atoms with van der Waals surface area (Å²) in [5, 5.41) is 25.9. The number of hydrogen-bond donors (Lipinski definition) is 1. The maximum atomic E-state index is 12.9. The molecule has 0 radical (unpaired) electrons. The fraction of sp³-hybridized carbons (Fsp3) is 0.133. The molecule has 0 aliphatic heterocycles. The quantitative estimate of drug-likeness (QED) is 0.162. The van der Waals surface area contributed by atoms with Gasteiger partial charge in [-0.3, -0.25) is 0 Å². The topological polar surface area (TPSA) is 111 Å². The lowest BCUT2D eigenvalue weighted by molar-refractivity contribution is 0.0498. The molecule has 0 bridgehead atoms. The number of H-pyrrole nitrogens is 1. The van der Waals surface area contributed by atoms with Crippen LogP contribution < -0.4 is 0 Å². The first kappa shape index (κ1) is 23.0. The highest BCUT2D eigenvalue weighted by molar-refractivity contribution is 6.23. The van der Waals surface area contributed by atoms with Crippen LogP contribution >= 0.6 is 0 Å². The normalized spacial score (nSPS) is 11.6. The fourth-order valence-corrected chi connectivity index (χ4v) is 5.22. The number of hydrogen-bond acceptors (Lipinski definition) is 7. The molecule has 39 heavy (non-hydrogen) atoms. The average molecular weight is 514 g/mol. The maximum absolute atomic E-state index is 12.9. The Bertz CT molecular complexity index is 1850. The predicted octanol–water partition coefficient (Wildman–Crippen LogP) is 5.52. The average Bonchev–Trinajstić information content (AvgIpc) is 3.71. The molecule has 9 nitrogen and oxygen atoms in total. The highest BCUT2D eigenvalue weighted by atomic mass is 16.5. The third kappa shape index (κ3) is 4.23. The van der Waals surface area contributed by atoms with E-state index in [1.165, 1.54) is 37.9 Å². The van der Waals surface area contributed by atoms with Gasteiger partial charge in [-0.2, -0.15) is 10.3 Å². The molecule has 190 valence electrons. The van der Waals surface area contributed by atoms with Gasteiger partial charge in [0, 0.05) is 12.4 Å². The summed E-state index contributed by atoms with van der Waals surface area (Å²) in [6.45, 7) is 0.321. The van der Waals surface area contributed by atoms with E-state index in [1.54, 1.807) is 35.3 Å².